The van der Waals surface area contributed by atoms with Gasteiger partial charge < -0.3 is 10.1 Å². The minimum absolute atomic E-state index is 0.0227. The Bertz CT molecular complexity index is 424. The number of methoxy groups -OCH3 is 1. The lowest BCUT2D eigenvalue weighted by Gasteiger charge is -2.19. The highest BCUT2D eigenvalue weighted by atomic mass is 35.5. The molecule has 0 heterocycles. The monoisotopic (exact) mass is 251 g/mol. The summed E-state index contributed by atoms with van der Waals surface area (Å²) in [5.74, 6) is 0. The van der Waals surface area contributed by atoms with E-state index in [9.17, 15) is 0 Å². The molecular weight excluding hydrogens is 234 g/mol. The first kappa shape index (κ1) is 11.5. The van der Waals surface area contributed by atoms with Gasteiger partial charge in [-0.15, -0.1) is 0 Å². The summed E-state index contributed by atoms with van der Waals surface area (Å²) >= 11 is 6.09. The Balaban J connectivity index is 1.84. The molecule has 2 aliphatic rings. The highest BCUT2D eigenvalue weighted by Crippen LogP contribution is 2.50. The van der Waals surface area contributed by atoms with Crippen molar-refractivity contribution in [2.45, 2.75) is 43.9 Å². The zero-order valence-electron chi connectivity index (χ0n) is 10.1. The number of nitrogens with one attached hydrogen (secondary N) is 1. The summed E-state index contributed by atoms with van der Waals surface area (Å²) in [6, 6.07) is 6.89. The quantitative estimate of drug-likeness (QED) is 0.868. The molecule has 0 saturated heterocycles. The Hall–Kier alpha value is -0.570. The van der Waals surface area contributed by atoms with Gasteiger partial charge >= 0.3 is 0 Å². The van der Waals surface area contributed by atoms with Gasteiger partial charge in [0.2, 0.25) is 0 Å². The molecule has 0 aliphatic heterocycles. The van der Waals surface area contributed by atoms with Gasteiger partial charge in [0, 0.05) is 24.7 Å². The van der Waals surface area contributed by atoms with Gasteiger partial charge in [-0.25, -0.2) is 0 Å². The highest BCUT2D eigenvalue weighted by Gasteiger charge is 2.46. The Kier molecular flexibility index (Phi) is 2.89. The topological polar surface area (TPSA) is 21.3 Å². The van der Waals surface area contributed by atoms with E-state index in [0.717, 1.165) is 30.5 Å². The van der Waals surface area contributed by atoms with Gasteiger partial charge in [-0.2, -0.15) is 0 Å². The maximum absolute atomic E-state index is 6.09. The zero-order chi connectivity index (χ0) is 11.9. The van der Waals surface area contributed by atoms with Gasteiger partial charge in [-0.05, 0) is 48.9 Å². The summed E-state index contributed by atoms with van der Waals surface area (Å²) in [4.78, 5) is 0. The summed E-state index contributed by atoms with van der Waals surface area (Å²) in [5.41, 5.74) is 2.59. The van der Waals surface area contributed by atoms with Crippen LogP contribution in [0.3, 0.4) is 0 Å². The Morgan fingerprint density at radius 3 is 2.76 bits per heavy atom. The van der Waals surface area contributed by atoms with Crippen LogP contribution in [0.1, 0.15) is 36.8 Å². The van der Waals surface area contributed by atoms with Crippen LogP contribution in [0, 0.1) is 0 Å². The SMILES string of the molecule is COC1(c2ccc(Cl)cc2CNC2CC2)CC1. The lowest BCUT2D eigenvalue weighted by Crippen LogP contribution is -2.19. The Labute approximate surface area is 107 Å². The second-order valence-corrected chi connectivity index (χ2v) is 5.59. The molecule has 2 nitrogen and oxygen atoms in total. The second-order valence-electron chi connectivity index (χ2n) is 5.16. The molecule has 1 N–H and O–H groups in total. The van der Waals surface area contributed by atoms with Gasteiger partial charge in [0.05, 0.1) is 5.60 Å². The van der Waals surface area contributed by atoms with Gasteiger partial charge in [-0.1, -0.05) is 17.7 Å². The van der Waals surface area contributed by atoms with E-state index in [1.165, 1.54) is 24.0 Å². The predicted octanol–water partition coefficient (Wildman–Crippen LogP) is 3.23. The van der Waals surface area contributed by atoms with Gasteiger partial charge in [0.15, 0.2) is 0 Å². The number of ether oxygens (including phenoxy) is 1. The third-order valence-corrected chi connectivity index (χ3v) is 4.05. The molecule has 3 heteroatoms. The molecule has 0 aromatic heterocycles. The van der Waals surface area contributed by atoms with Gasteiger partial charge in [0.25, 0.3) is 0 Å². The minimum Gasteiger partial charge on any atom is -0.374 e. The molecule has 1 aromatic carbocycles. The summed E-state index contributed by atoms with van der Waals surface area (Å²) < 4.78 is 5.67. The van der Waals surface area contributed by atoms with Crippen molar-refractivity contribution >= 4 is 11.6 Å². The van der Waals surface area contributed by atoms with Gasteiger partial charge in [0.1, 0.15) is 0 Å². The number of benzene rings is 1. The third kappa shape index (κ3) is 2.35. The first-order chi connectivity index (χ1) is 8.23. The lowest BCUT2D eigenvalue weighted by atomic mass is 10.0. The molecule has 0 unspecified atom stereocenters. The van der Waals surface area contributed by atoms with Crippen molar-refractivity contribution in [2.24, 2.45) is 0 Å². The molecule has 1 aromatic rings. The predicted molar refractivity (Wildman–Crippen MR) is 69.2 cm³/mol. The van der Waals surface area contributed by atoms with E-state index in [4.69, 9.17) is 16.3 Å². The number of hydrogen-bond acceptors (Lipinski definition) is 2. The fourth-order valence-corrected chi connectivity index (χ4v) is 2.59. The second kappa shape index (κ2) is 4.27. The van der Waals surface area contributed by atoms with Crippen LogP contribution in [-0.2, 0) is 16.9 Å². The van der Waals surface area contributed by atoms with Crippen LogP contribution in [0.2, 0.25) is 5.02 Å². The average Bonchev–Trinajstić information content (AvgIpc) is 3.21. The minimum atomic E-state index is -0.0227. The first-order valence-electron chi connectivity index (χ1n) is 6.31. The summed E-state index contributed by atoms with van der Waals surface area (Å²) in [5, 5.41) is 4.36. The standard InChI is InChI=1S/C14H18ClNO/c1-17-14(6-7-14)13-5-2-11(15)8-10(13)9-16-12-3-4-12/h2,5,8,12,16H,3-4,6-7,9H2,1H3. The number of hydrogen-bond donors (Lipinski definition) is 1. The van der Waals surface area contributed by atoms with Gasteiger partial charge in [-0.3, -0.25) is 0 Å². The van der Waals surface area contributed by atoms with Crippen LogP contribution >= 0.6 is 11.6 Å². The van der Waals surface area contributed by atoms with Crippen LogP contribution in [0.4, 0.5) is 0 Å². The van der Waals surface area contributed by atoms with Crippen molar-refractivity contribution in [2.75, 3.05) is 7.11 Å². The maximum atomic E-state index is 6.09. The first-order valence-corrected chi connectivity index (χ1v) is 6.69. The normalized spacial score (nSPS) is 21.5. The Morgan fingerprint density at radius 2 is 2.18 bits per heavy atom. The fraction of sp³-hybridized carbons (Fsp3) is 0.571. The summed E-state index contributed by atoms with van der Waals surface area (Å²) in [6.07, 6.45) is 4.87. The lowest BCUT2D eigenvalue weighted by molar-refractivity contribution is 0.0780. The van der Waals surface area contributed by atoms with E-state index in [1.807, 2.05) is 6.07 Å². The third-order valence-electron chi connectivity index (χ3n) is 3.81. The number of rotatable bonds is 5. The van der Waals surface area contributed by atoms with Crippen LogP contribution in [0.15, 0.2) is 18.2 Å². The van der Waals surface area contributed by atoms with Crippen LogP contribution in [0.5, 0.6) is 0 Å². The number of halogens is 1. The fourth-order valence-electron chi connectivity index (χ4n) is 2.39. The highest BCUT2D eigenvalue weighted by molar-refractivity contribution is 6.30. The van der Waals surface area contributed by atoms with Crippen molar-refractivity contribution in [3.63, 3.8) is 0 Å². The van der Waals surface area contributed by atoms with Crippen molar-refractivity contribution in [3.05, 3.63) is 34.3 Å². The van der Waals surface area contributed by atoms with Crippen molar-refractivity contribution in [1.29, 1.82) is 0 Å². The van der Waals surface area contributed by atoms with Crippen LogP contribution in [0.25, 0.3) is 0 Å². The van der Waals surface area contributed by atoms with E-state index in [0.29, 0.717) is 0 Å². The van der Waals surface area contributed by atoms with Crippen molar-refractivity contribution in [3.8, 4) is 0 Å². The van der Waals surface area contributed by atoms with Crippen molar-refractivity contribution in [1.82, 2.24) is 5.32 Å². The molecular formula is C14H18ClNO. The molecule has 17 heavy (non-hydrogen) atoms. The molecule has 92 valence electrons. The summed E-state index contributed by atoms with van der Waals surface area (Å²) in [6.45, 7) is 0.908. The zero-order valence-corrected chi connectivity index (χ0v) is 10.9. The molecule has 3 rings (SSSR count). The molecule has 2 fully saturated rings. The van der Waals surface area contributed by atoms with E-state index >= 15 is 0 Å². The van der Waals surface area contributed by atoms with E-state index < -0.39 is 0 Å². The van der Waals surface area contributed by atoms with Crippen LogP contribution in [-0.4, -0.2) is 13.2 Å². The maximum Gasteiger partial charge on any atom is 0.0933 e. The van der Waals surface area contributed by atoms with Crippen molar-refractivity contribution < 1.29 is 4.74 Å². The molecule has 0 radical (unpaired) electrons. The van der Waals surface area contributed by atoms with E-state index in [-0.39, 0.29) is 5.60 Å². The smallest absolute Gasteiger partial charge is 0.0933 e. The van der Waals surface area contributed by atoms with Crippen LogP contribution < -0.4 is 5.32 Å². The molecule has 2 saturated carbocycles. The van der Waals surface area contributed by atoms with E-state index in [1.54, 1.807) is 7.11 Å². The summed E-state index contributed by atoms with van der Waals surface area (Å²) in [7, 11) is 1.81. The molecule has 2 aliphatic carbocycles. The molecule has 0 atom stereocenters. The average molecular weight is 252 g/mol. The Morgan fingerprint density at radius 1 is 1.41 bits per heavy atom. The molecule has 0 bridgehead atoms. The van der Waals surface area contributed by atoms with E-state index in [2.05, 4.69) is 17.4 Å². The largest absolute Gasteiger partial charge is 0.374 e. The molecule has 0 spiro atoms. The molecule has 0 amide bonds.